The van der Waals surface area contributed by atoms with Gasteiger partial charge in [0, 0.05) is 17.4 Å². The molecule has 2 N–H and O–H groups in total. The molecule has 1 amide bonds. The highest BCUT2D eigenvalue weighted by Crippen LogP contribution is 2.21. The molecule has 0 spiro atoms. The zero-order valence-corrected chi connectivity index (χ0v) is 15.4. The van der Waals surface area contributed by atoms with Crippen molar-refractivity contribution in [3.63, 3.8) is 0 Å². The minimum Gasteiger partial charge on any atom is -0.340 e. The third kappa shape index (κ3) is 4.06. The summed E-state index contributed by atoms with van der Waals surface area (Å²) in [4.78, 5) is 21.3. The first-order valence-electron chi connectivity index (χ1n) is 8.49. The van der Waals surface area contributed by atoms with Crippen molar-refractivity contribution in [1.82, 2.24) is 9.97 Å². The van der Waals surface area contributed by atoms with Gasteiger partial charge in [-0.25, -0.2) is 9.97 Å². The van der Waals surface area contributed by atoms with Crippen LogP contribution in [0.25, 0.3) is 0 Å². The van der Waals surface area contributed by atoms with Crippen LogP contribution in [0.4, 0.5) is 17.2 Å². The van der Waals surface area contributed by atoms with Crippen LogP contribution in [0.5, 0.6) is 0 Å². The number of hydrogen-bond donors (Lipinski definition) is 2. The van der Waals surface area contributed by atoms with Crippen molar-refractivity contribution in [2.24, 2.45) is 0 Å². The van der Waals surface area contributed by atoms with Crippen LogP contribution >= 0.6 is 0 Å². The van der Waals surface area contributed by atoms with Gasteiger partial charge in [-0.2, -0.15) is 0 Å². The summed E-state index contributed by atoms with van der Waals surface area (Å²) in [6.07, 6.45) is 0. The molecular formula is C21H22N4O. The van der Waals surface area contributed by atoms with Crippen LogP contribution in [-0.4, -0.2) is 15.9 Å². The molecular weight excluding hydrogens is 324 g/mol. The summed E-state index contributed by atoms with van der Waals surface area (Å²) in [5.74, 6) is 0.879. The Labute approximate surface area is 153 Å². The lowest BCUT2D eigenvalue weighted by Gasteiger charge is -2.12. The van der Waals surface area contributed by atoms with Crippen LogP contribution in [0, 0.1) is 27.7 Å². The highest BCUT2D eigenvalue weighted by Gasteiger charge is 2.12. The molecule has 0 radical (unpaired) electrons. The zero-order chi connectivity index (χ0) is 18.7. The minimum atomic E-state index is -0.253. The van der Waals surface area contributed by atoms with E-state index in [1.54, 1.807) is 13.0 Å². The summed E-state index contributed by atoms with van der Waals surface area (Å²) in [6.45, 7) is 7.75. The Kier molecular flexibility index (Phi) is 4.98. The summed E-state index contributed by atoms with van der Waals surface area (Å²) < 4.78 is 0. The van der Waals surface area contributed by atoms with Crippen LogP contribution in [0.2, 0.25) is 0 Å². The molecule has 3 rings (SSSR count). The van der Waals surface area contributed by atoms with Gasteiger partial charge in [0.15, 0.2) is 0 Å². The quantitative estimate of drug-likeness (QED) is 0.718. The number of hydrogen-bond acceptors (Lipinski definition) is 4. The molecule has 5 heteroatoms. The summed E-state index contributed by atoms with van der Waals surface area (Å²) >= 11 is 0. The number of aryl methyl sites for hydroxylation is 4. The van der Waals surface area contributed by atoms with Crippen molar-refractivity contribution in [2.45, 2.75) is 27.7 Å². The number of aromatic nitrogens is 2. The predicted octanol–water partition coefficient (Wildman–Crippen LogP) is 4.71. The first-order valence-corrected chi connectivity index (χ1v) is 8.49. The lowest BCUT2D eigenvalue weighted by molar-refractivity contribution is 0.102. The van der Waals surface area contributed by atoms with Gasteiger partial charge in [0.05, 0.1) is 0 Å². The fourth-order valence-electron chi connectivity index (χ4n) is 2.66. The molecule has 1 heterocycles. The van der Waals surface area contributed by atoms with E-state index < -0.39 is 0 Å². The first kappa shape index (κ1) is 17.6. The maximum absolute atomic E-state index is 12.7. The first-order chi connectivity index (χ1) is 12.4. The molecule has 26 heavy (non-hydrogen) atoms. The second-order valence-corrected chi connectivity index (χ2v) is 6.40. The summed E-state index contributed by atoms with van der Waals surface area (Å²) in [7, 11) is 0. The Morgan fingerprint density at radius 1 is 0.846 bits per heavy atom. The number of para-hydroxylation sites is 1. The van der Waals surface area contributed by atoms with Crippen LogP contribution in [0.15, 0.2) is 48.5 Å². The molecule has 0 aliphatic heterocycles. The van der Waals surface area contributed by atoms with Gasteiger partial charge in [-0.1, -0.05) is 30.3 Å². The molecule has 5 nitrogen and oxygen atoms in total. The van der Waals surface area contributed by atoms with Gasteiger partial charge >= 0.3 is 0 Å². The van der Waals surface area contributed by atoms with E-state index in [0.29, 0.717) is 17.3 Å². The molecule has 2 aromatic carbocycles. The van der Waals surface area contributed by atoms with E-state index in [-0.39, 0.29) is 5.91 Å². The molecule has 3 aromatic rings. The Hall–Kier alpha value is -3.21. The highest BCUT2D eigenvalue weighted by atomic mass is 16.1. The van der Waals surface area contributed by atoms with Crippen molar-refractivity contribution in [3.8, 4) is 0 Å². The average molecular weight is 346 g/mol. The Bertz CT molecular complexity index is 966. The second kappa shape index (κ2) is 7.35. The number of anilines is 3. The lowest BCUT2D eigenvalue weighted by Crippen LogP contribution is -2.16. The monoisotopic (exact) mass is 346 g/mol. The smallest absolute Gasteiger partial charge is 0.274 e. The van der Waals surface area contributed by atoms with Crippen molar-refractivity contribution in [3.05, 3.63) is 76.7 Å². The van der Waals surface area contributed by atoms with Gasteiger partial charge in [-0.3, -0.25) is 4.79 Å². The van der Waals surface area contributed by atoms with Gasteiger partial charge in [0.1, 0.15) is 17.3 Å². The van der Waals surface area contributed by atoms with E-state index in [4.69, 9.17) is 0 Å². The maximum Gasteiger partial charge on any atom is 0.274 e. The van der Waals surface area contributed by atoms with Gasteiger partial charge in [0.2, 0.25) is 0 Å². The maximum atomic E-state index is 12.7. The SMILES string of the molecule is Cc1ccc(C)c(NC(=O)c2cc(Nc3ccccc3C)nc(C)n2)c1. The van der Waals surface area contributed by atoms with Crippen LogP contribution in [0.1, 0.15) is 33.0 Å². The molecule has 0 fully saturated rings. The number of carbonyl (C=O) groups excluding carboxylic acids is 1. The van der Waals surface area contributed by atoms with Crippen molar-refractivity contribution in [1.29, 1.82) is 0 Å². The molecule has 0 bridgehead atoms. The van der Waals surface area contributed by atoms with Crippen LogP contribution in [0.3, 0.4) is 0 Å². The molecule has 0 atom stereocenters. The lowest BCUT2D eigenvalue weighted by atomic mass is 10.1. The number of rotatable bonds is 4. The molecule has 0 aliphatic carbocycles. The van der Waals surface area contributed by atoms with E-state index in [9.17, 15) is 4.79 Å². The normalized spacial score (nSPS) is 10.5. The Morgan fingerprint density at radius 3 is 2.35 bits per heavy atom. The predicted molar refractivity (Wildman–Crippen MR) is 105 cm³/mol. The molecule has 0 unspecified atom stereocenters. The average Bonchev–Trinajstić information content (AvgIpc) is 2.59. The molecule has 0 aliphatic rings. The molecule has 0 saturated heterocycles. The third-order valence-corrected chi connectivity index (χ3v) is 4.12. The highest BCUT2D eigenvalue weighted by molar-refractivity contribution is 6.03. The molecule has 1 aromatic heterocycles. The van der Waals surface area contributed by atoms with Gasteiger partial charge < -0.3 is 10.6 Å². The van der Waals surface area contributed by atoms with Crippen LogP contribution in [-0.2, 0) is 0 Å². The van der Waals surface area contributed by atoms with Crippen LogP contribution < -0.4 is 10.6 Å². The molecule has 0 saturated carbocycles. The summed E-state index contributed by atoms with van der Waals surface area (Å²) in [6, 6.07) is 15.6. The largest absolute Gasteiger partial charge is 0.340 e. The second-order valence-electron chi connectivity index (χ2n) is 6.40. The number of nitrogens with one attached hydrogen (secondary N) is 2. The number of nitrogens with zero attached hydrogens (tertiary/aromatic N) is 2. The Balaban J connectivity index is 1.86. The minimum absolute atomic E-state index is 0.253. The van der Waals surface area contributed by atoms with E-state index in [1.165, 1.54) is 0 Å². The Morgan fingerprint density at radius 2 is 1.58 bits per heavy atom. The number of carbonyl (C=O) groups is 1. The van der Waals surface area contributed by atoms with E-state index >= 15 is 0 Å². The number of benzene rings is 2. The standard InChI is InChI=1S/C21H22N4O/c1-13-9-10-15(3)18(11-13)25-21(26)19-12-20(23-16(4)22-19)24-17-8-6-5-7-14(17)2/h5-12H,1-4H3,(H,25,26)(H,22,23,24). The topological polar surface area (TPSA) is 66.9 Å². The van der Waals surface area contributed by atoms with Gasteiger partial charge in [-0.15, -0.1) is 0 Å². The third-order valence-electron chi connectivity index (χ3n) is 4.12. The van der Waals surface area contributed by atoms with Gasteiger partial charge in [0.25, 0.3) is 5.91 Å². The summed E-state index contributed by atoms with van der Waals surface area (Å²) in [5.41, 5.74) is 5.27. The van der Waals surface area contributed by atoms with Crippen molar-refractivity contribution in [2.75, 3.05) is 10.6 Å². The van der Waals surface area contributed by atoms with Gasteiger partial charge in [-0.05, 0) is 56.5 Å². The fourth-order valence-corrected chi connectivity index (χ4v) is 2.66. The molecule has 132 valence electrons. The van der Waals surface area contributed by atoms with E-state index in [2.05, 4.69) is 20.6 Å². The zero-order valence-electron chi connectivity index (χ0n) is 15.4. The van der Waals surface area contributed by atoms with E-state index in [1.807, 2.05) is 63.2 Å². The van der Waals surface area contributed by atoms with Crippen molar-refractivity contribution >= 4 is 23.1 Å². The summed E-state index contributed by atoms with van der Waals surface area (Å²) in [5, 5.41) is 6.20. The van der Waals surface area contributed by atoms with Crippen molar-refractivity contribution < 1.29 is 4.79 Å². The van der Waals surface area contributed by atoms with E-state index in [0.717, 1.165) is 28.1 Å². The number of amides is 1. The fraction of sp³-hybridized carbons (Fsp3) is 0.190.